The Kier molecular flexibility index (Phi) is 3.99. The summed E-state index contributed by atoms with van der Waals surface area (Å²) in [5, 5.41) is 5.98. The van der Waals surface area contributed by atoms with Gasteiger partial charge in [-0.3, -0.25) is 4.79 Å². The zero-order chi connectivity index (χ0) is 14.6. The maximum Gasteiger partial charge on any atom is 0.277 e. The zero-order valence-electron chi connectivity index (χ0n) is 10.3. The Bertz CT molecular complexity index is 586. The van der Waals surface area contributed by atoms with Crippen LogP contribution in [0.4, 0.5) is 8.78 Å². The largest absolute Gasteiger partial charge is 0.346 e. The lowest BCUT2D eigenvalue weighted by molar-refractivity contribution is 0.0118. The van der Waals surface area contributed by atoms with Gasteiger partial charge in [0.15, 0.2) is 5.82 Å². The van der Waals surface area contributed by atoms with Crippen LogP contribution in [0.1, 0.15) is 10.4 Å². The topological polar surface area (TPSA) is 98.7 Å². The van der Waals surface area contributed by atoms with Crippen LogP contribution in [0.15, 0.2) is 31.0 Å². The minimum Gasteiger partial charge on any atom is -0.346 e. The number of amides is 1. The molecule has 0 unspecified atom stereocenters. The molecule has 7 nitrogen and oxygen atoms in total. The van der Waals surface area contributed by atoms with Crippen molar-refractivity contribution in [3.8, 4) is 5.82 Å². The third-order valence-corrected chi connectivity index (χ3v) is 2.47. The highest BCUT2D eigenvalue weighted by atomic mass is 19.3. The SMILES string of the molecule is NCC(F)(F)CNC(=O)c1ccnc(-n2cncn2)c1. The van der Waals surface area contributed by atoms with E-state index in [4.69, 9.17) is 5.73 Å². The zero-order valence-corrected chi connectivity index (χ0v) is 10.3. The summed E-state index contributed by atoms with van der Waals surface area (Å²) in [5.41, 5.74) is 5.08. The van der Waals surface area contributed by atoms with Crippen LogP contribution in [0.3, 0.4) is 0 Å². The maximum atomic E-state index is 13.0. The molecule has 0 fully saturated rings. The molecule has 2 heterocycles. The molecule has 2 aromatic heterocycles. The van der Waals surface area contributed by atoms with Crippen molar-refractivity contribution in [1.29, 1.82) is 0 Å². The number of carbonyl (C=O) groups is 1. The molecule has 106 valence electrons. The van der Waals surface area contributed by atoms with E-state index in [0.29, 0.717) is 5.82 Å². The van der Waals surface area contributed by atoms with E-state index in [1.165, 1.54) is 35.7 Å². The van der Waals surface area contributed by atoms with Gasteiger partial charge < -0.3 is 11.1 Å². The van der Waals surface area contributed by atoms with Gasteiger partial charge in [-0.1, -0.05) is 0 Å². The molecule has 20 heavy (non-hydrogen) atoms. The van der Waals surface area contributed by atoms with Gasteiger partial charge in [-0.05, 0) is 12.1 Å². The Morgan fingerprint density at radius 3 is 2.95 bits per heavy atom. The Morgan fingerprint density at radius 2 is 2.30 bits per heavy atom. The quantitative estimate of drug-likeness (QED) is 0.803. The molecule has 3 N–H and O–H groups in total. The van der Waals surface area contributed by atoms with Crippen LogP contribution in [-0.2, 0) is 0 Å². The van der Waals surface area contributed by atoms with E-state index in [9.17, 15) is 13.6 Å². The summed E-state index contributed by atoms with van der Waals surface area (Å²) in [6, 6.07) is 2.83. The molecule has 0 saturated carbocycles. The second-order valence-corrected chi connectivity index (χ2v) is 3.99. The van der Waals surface area contributed by atoms with Gasteiger partial charge in [0.25, 0.3) is 11.8 Å². The first kappa shape index (κ1) is 14.0. The smallest absolute Gasteiger partial charge is 0.277 e. The van der Waals surface area contributed by atoms with Gasteiger partial charge in [-0.2, -0.15) is 5.10 Å². The molecule has 0 atom stereocenters. The number of carbonyl (C=O) groups excluding carboxylic acids is 1. The molecule has 2 aromatic rings. The van der Waals surface area contributed by atoms with Crippen molar-refractivity contribution in [3.63, 3.8) is 0 Å². The van der Waals surface area contributed by atoms with Crippen molar-refractivity contribution in [3.05, 3.63) is 36.5 Å². The molecule has 0 spiro atoms. The summed E-state index contributed by atoms with van der Waals surface area (Å²) in [6.45, 7) is -1.64. The summed E-state index contributed by atoms with van der Waals surface area (Å²) in [7, 11) is 0. The number of hydrogen-bond donors (Lipinski definition) is 2. The Morgan fingerprint density at radius 1 is 1.50 bits per heavy atom. The van der Waals surface area contributed by atoms with Crippen molar-refractivity contribution in [2.75, 3.05) is 13.1 Å². The molecular formula is C11H12F2N6O. The molecule has 0 radical (unpaired) electrons. The Balaban J connectivity index is 2.09. The minimum atomic E-state index is -3.13. The molecule has 0 aliphatic heterocycles. The van der Waals surface area contributed by atoms with E-state index in [1.807, 2.05) is 0 Å². The fourth-order valence-electron chi connectivity index (χ4n) is 1.40. The van der Waals surface area contributed by atoms with E-state index in [-0.39, 0.29) is 5.56 Å². The number of nitrogens with one attached hydrogen (secondary N) is 1. The third kappa shape index (κ3) is 3.32. The highest BCUT2D eigenvalue weighted by molar-refractivity contribution is 5.94. The summed E-state index contributed by atoms with van der Waals surface area (Å²) in [6.07, 6.45) is 4.11. The number of pyridine rings is 1. The van der Waals surface area contributed by atoms with Crippen LogP contribution in [0.25, 0.3) is 5.82 Å². The normalized spacial score (nSPS) is 11.3. The lowest BCUT2D eigenvalue weighted by Crippen LogP contribution is -2.41. The lowest BCUT2D eigenvalue weighted by atomic mass is 10.2. The van der Waals surface area contributed by atoms with Gasteiger partial charge in [0.2, 0.25) is 0 Å². The van der Waals surface area contributed by atoms with E-state index in [2.05, 4.69) is 20.4 Å². The molecular weight excluding hydrogens is 270 g/mol. The number of hydrogen-bond acceptors (Lipinski definition) is 5. The van der Waals surface area contributed by atoms with Gasteiger partial charge in [0.05, 0.1) is 13.1 Å². The van der Waals surface area contributed by atoms with Crippen LogP contribution < -0.4 is 11.1 Å². The van der Waals surface area contributed by atoms with E-state index in [0.717, 1.165) is 0 Å². The molecule has 9 heteroatoms. The number of alkyl halides is 2. The van der Waals surface area contributed by atoms with Crippen LogP contribution >= 0.6 is 0 Å². The van der Waals surface area contributed by atoms with Gasteiger partial charge in [0.1, 0.15) is 12.7 Å². The molecule has 2 rings (SSSR count). The first-order valence-electron chi connectivity index (χ1n) is 5.69. The summed E-state index contributed by atoms with van der Waals surface area (Å²) in [4.78, 5) is 19.5. The fraction of sp³-hybridized carbons (Fsp3) is 0.273. The van der Waals surface area contributed by atoms with E-state index in [1.54, 1.807) is 0 Å². The molecule has 1 amide bonds. The monoisotopic (exact) mass is 282 g/mol. The Labute approximate surface area is 112 Å². The fourth-order valence-corrected chi connectivity index (χ4v) is 1.40. The number of rotatable bonds is 5. The number of halogens is 2. The number of aromatic nitrogens is 4. The predicted octanol–water partition coefficient (Wildman–Crippen LogP) is -0.0139. The van der Waals surface area contributed by atoms with Crippen LogP contribution in [-0.4, -0.2) is 44.7 Å². The molecule has 0 aliphatic carbocycles. The highest BCUT2D eigenvalue weighted by Gasteiger charge is 2.27. The van der Waals surface area contributed by atoms with Crippen molar-refractivity contribution in [2.45, 2.75) is 5.92 Å². The predicted molar refractivity (Wildman–Crippen MR) is 65.5 cm³/mol. The average molecular weight is 282 g/mol. The maximum absolute atomic E-state index is 13.0. The van der Waals surface area contributed by atoms with Gasteiger partial charge in [0, 0.05) is 11.8 Å². The minimum absolute atomic E-state index is 0.193. The molecule has 0 aromatic carbocycles. The summed E-state index contributed by atoms with van der Waals surface area (Å²) >= 11 is 0. The van der Waals surface area contributed by atoms with Gasteiger partial charge in [-0.15, -0.1) is 0 Å². The van der Waals surface area contributed by atoms with Crippen LogP contribution in [0.5, 0.6) is 0 Å². The lowest BCUT2D eigenvalue weighted by Gasteiger charge is -2.14. The van der Waals surface area contributed by atoms with Crippen molar-refractivity contribution < 1.29 is 13.6 Å². The summed E-state index contributed by atoms with van der Waals surface area (Å²) in [5.74, 6) is -3.40. The van der Waals surface area contributed by atoms with Crippen LogP contribution in [0, 0.1) is 0 Å². The highest BCUT2D eigenvalue weighted by Crippen LogP contribution is 2.10. The van der Waals surface area contributed by atoms with Crippen molar-refractivity contribution >= 4 is 5.91 Å². The Hall–Kier alpha value is -2.42. The van der Waals surface area contributed by atoms with Crippen LogP contribution in [0.2, 0.25) is 0 Å². The van der Waals surface area contributed by atoms with Gasteiger partial charge >= 0.3 is 0 Å². The first-order valence-corrected chi connectivity index (χ1v) is 5.69. The number of nitrogens with zero attached hydrogens (tertiary/aromatic N) is 4. The third-order valence-electron chi connectivity index (χ3n) is 2.47. The second kappa shape index (κ2) is 5.70. The van der Waals surface area contributed by atoms with E-state index >= 15 is 0 Å². The summed E-state index contributed by atoms with van der Waals surface area (Å²) < 4.78 is 27.3. The molecule has 0 aliphatic rings. The second-order valence-electron chi connectivity index (χ2n) is 3.99. The number of nitrogens with two attached hydrogens (primary N) is 1. The van der Waals surface area contributed by atoms with E-state index < -0.39 is 24.9 Å². The molecule has 0 bridgehead atoms. The molecule has 0 saturated heterocycles. The standard InChI is InChI=1S/C11H12F2N6O/c12-11(13,4-14)5-17-10(20)8-1-2-16-9(3-8)19-7-15-6-18-19/h1-3,6-7H,4-5,14H2,(H,17,20). The van der Waals surface area contributed by atoms with Crippen molar-refractivity contribution in [1.82, 2.24) is 25.1 Å². The average Bonchev–Trinajstić information content (AvgIpc) is 2.99. The first-order chi connectivity index (χ1) is 9.52. The van der Waals surface area contributed by atoms with Crippen molar-refractivity contribution in [2.24, 2.45) is 5.73 Å². The van der Waals surface area contributed by atoms with Gasteiger partial charge in [-0.25, -0.2) is 23.4 Å².